The number of nitrogens with zero attached hydrogens (tertiary/aromatic N) is 2. The topological polar surface area (TPSA) is 46.4 Å². The van der Waals surface area contributed by atoms with Crippen LogP contribution in [0.5, 0.6) is 0 Å². The molecule has 1 N–H and O–H groups in total. The van der Waals surface area contributed by atoms with Gasteiger partial charge in [-0.1, -0.05) is 37.6 Å². The second-order valence-corrected chi connectivity index (χ2v) is 8.17. The number of benzene rings is 2. The molecular formula is C24H24FN3OS. The first-order valence-electron chi connectivity index (χ1n) is 10.2. The molecule has 0 saturated carbocycles. The third-order valence-electron chi connectivity index (χ3n) is 5.10. The number of halogens is 1. The predicted octanol–water partition coefficient (Wildman–Crippen LogP) is 6.12. The summed E-state index contributed by atoms with van der Waals surface area (Å²) in [5.41, 5.74) is 4.20. The number of aromatic nitrogens is 2. The molecule has 154 valence electrons. The van der Waals surface area contributed by atoms with Crippen LogP contribution in [-0.2, 0) is 17.6 Å². The highest BCUT2D eigenvalue weighted by molar-refractivity contribution is 7.15. The Morgan fingerprint density at radius 2 is 1.93 bits per heavy atom. The van der Waals surface area contributed by atoms with Crippen LogP contribution in [0.4, 0.5) is 10.1 Å². The Morgan fingerprint density at radius 1 is 1.13 bits per heavy atom. The zero-order valence-corrected chi connectivity index (χ0v) is 17.7. The molecule has 0 atom stereocenters. The van der Waals surface area contributed by atoms with E-state index in [0.29, 0.717) is 24.1 Å². The van der Waals surface area contributed by atoms with Crippen molar-refractivity contribution in [3.8, 4) is 11.3 Å². The van der Waals surface area contributed by atoms with Gasteiger partial charge in [-0.05, 0) is 49.1 Å². The van der Waals surface area contributed by atoms with Gasteiger partial charge in [-0.15, -0.1) is 11.3 Å². The summed E-state index contributed by atoms with van der Waals surface area (Å²) in [5, 5.41) is 4.97. The number of anilines is 1. The van der Waals surface area contributed by atoms with E-state index in [1.54, 1.807) is 18.2 Å². The minimum atomic E-state index is -0.287. The predicted molar refractivity (Wildman–Crippen MR) is 120 cm³/mol. The molecule has 6 heteroatoms. The van der Waals surface area contributed by atoms with Gasteiger partial charge < -0.3 is 5.32 Å². The average molecular weight is 422 g/mol. The number of hydrogen-bond donors (Lipinski definition) is 1. The average Bonchev–Trinajstić information content (AvgIpc) is 3.33. The number of thiazole rings is 1. The van der Waals surface area contributed by atoms with E-state index in [9.17, 15) is 9.18 Å². The monoisotopic (exact) mass is 421 g/mol. The molecule has 0 radical (unpaired) electrons. The molecule has 0 fully saturated rings. The van der Waals surface area contributed by atoms with E-state index in [2.05, 4.69) is 29.4 Å². The summed E-state index contributed by atoms with van der Waals surface area (Å²) >= 11 is 1.50. The minimum absolute atomic E-state index is 0.0231. The third-order valence-corrected chi connectivity index (χ3v) is 5.99. The van der Waals surface area contributed by atoms with Crippen LogP contribution < -0.4 is 5.32 Å². The van der Waals surface area contributed by atoms with Crippen molar-refractivity contribution in [3.63, 3.8) is 0 Å². The molecule has 2 aromatic carbocycles. The third kappa shape index (κ3) is 4.60. The lowest BCUT2D eigenvalue weighted by Gasteiger charge is -2.06. The molecule has 0 saturated heterocycles. The summed E-state index contributed by atoms with van der Waals surface area (Å²) in [5.74, 6) is -0.310. The molecule has 0 aliphatic rings. The number of carbonyl (C=O) groups excluding carboxylic acids is 1. The fourth-order valence-electron chi connectivity index (χ4n) is 3.41. The number of amides is 1. The molecule has 2 heterocycles. The van der Waals surface area contributed by atoms with Crippen LogP contribution in [-0.4, -0.2) is 15.3 Å². The molecule has 0 bridgehead atoms. The van der Waals surface area contributed by atoms with E-state index in [1.165, 1.54) is 35.8 Å². The molecule has 4 aromatic rings. The Balaban J connectivity index is 1.39. The molecule has 0 aliphatic carbocycles. The minimum Gasteiger partial charge on any atom is -0.326 e. The molecule has 1 amide bonds. The van der Waals surface area contributed by atoms with Gasteiger partial charge in [0.15, 0.2) is 4.96 Å². The van der Waals surface area contributed by atoms with Crippen LogP contribution in [0.15, 0.2) is 60.1 Å². The highest BCUT2D eigenvalue weighted by atomic mass is 32.1. The van der Waals surface area contributed by atoms with E-state index in [-0.39, 0.29) is 11.7 Å². The van der Waals surface area contributed by atoms with Gasteiger partial charge in [0.05, 0.1) is 5.69 Å². The van der Waals surface area contributed by atoms with Crippen molar-refractivity contribution in [2.45, 2.75) is 39.0 Å². The van der Waals surface area contributed by atoms with Gasteiger partial charge in [0.2, 0.25) is 5.91 Å². The molecule has 30 heavy (non-hydrogen) atoms. The molecule has 0 spiro atoms. The lowest BCUT2D eigenvalue weighted by atomic mass is 10.1. The smallest absolute Gasteiger partial charge is 0.224 e. The van der Waals surface area contributed by atoms with Gasteiger partial charge >= 0.3 is 0 Å². The van der Waals surface area contributed by atoms with Crippen LogP contribution >= 0.6 is 11.3 Å². The first kappa shape index (κ1) is 20.3. The number of aryl methyl sites for hydroxylation is 2. The lowest BCUT2D eigenvalue weighted by molar-refractivity contribution is -0.116. The molecule has 2 aromatic heterocycles. The summed E-state index contributed by atoms with van der Waals surface area (Å²) in [6.07, 6.45) is 6.22. The van der Waals surface area contributed by atoms with Crippen LogP contribution in [0, 0.1) is 5.82 Å². The molecule has 4 rings (SSSR count). The Bertz CT molecular complexity index is 1150. The van der Waals surface area contributed by atoms with Gasteiger partial charge in [-0.3, -0.25) is 9.20 Å². The summed E-state index contributed by atoms with van der Waals surface area (Å²) < 4.78 is 16.0. The second-order valence-electron chi connectivity index (χ2n) is 7.33. The Kier molecular flexibility index (Phi) is 6.23. The van der Waals surface area contributed by atoms with Crippen molar-refractivity contribution in [1.29, 1.82) is 0 Å². The van der Waals surface area contributed by atoms with E-state index in [0.717, 1.165) is 22.8 Å². The fourth-order valence-corrected chi connectivity index (χ4v) is 4.32. The molecule has 0 aliphatic heterocycles. The van der Waals surface area contributed by atoms with Crippen molar-refractivity contribution in [1.82, 2.24) is 9.38 Å². The quantitative estimate of drug-likeness (QED) is 0.373. The summed E-state index contributed by atoms with van der Waals surface area (Å²) in [7, 11) is 0. The maximum absolute atomic E-state index is 14.1. The van der Waals surface area contributed by atoms with Crippen LogP contribution in [0.3, 0.4) is 0 Å². The number of imidazole rings is 1. The number of rotatable bonds is 8. The lowest BCUT2D eigenvalue weighted by Crippen LogP contribution is -2.12. The Hall–Kier alpha value is -2.99. The van der Waals surface area contributed by atoms with E-state index in [4.69, 9.17) is 0 Å². The number of fused-ring (bicyclic) bond motifs is 1. The van der Waals surface area contributed by atoms with Crippen LogP contribution in [0.2, 0.25) is 0 Å². The maximum Gasteiger partial charge on any atom is 0.224 e. The van der Waals surface area contributed by atoms with Crippen molar-refractivity contribution < 1.29 is 9.18 Å². The van der Waals surface area contributed by atoms with Gasteiger partial charge in [-0.25, -0.2) is 9.37 Å². The zero-order valence-electron chi connectivity index (χ0n) is 16.9. The summed E-state index contributed by atoms with van der Waals surface area (Å²) in [4.78, 5) is 17.7. The second kappa shape index (κ2) is 9.22. The van der Waals surface area contributed by atoms with Crippen molar-refractivity contribution >= 4 is 27.9 Å². The number of nitrogens with one attached hydrogen (secondary N) is 1. The highest BCUT2D eigenvalue weighted by Gasteiger charge is 2.13. The van der Waals surface area contributed by atoms with Gasteiger partial charge in [0, 0.05) is 34.9 Å². The van der Waals surface area contributed by atoms with Crippen molar-refractivity contribution in [2.24, 2.45) is 0 Å². The van der Waals surface area contributed by atoms with Crippen LogP contribution in [0.25, 0.3) is 16.2 Å². The molecule has 0 unspecified atom stereocenters. The number of carbonyl (C=O) groups is 1. The van der Waals surface area contributed by atoms with Crippen LogP contribution in [0.1, 0.15) is 37.4 Å². The maximum atomic E-state index is 14.1. The first-order chi connectivity index (χ1) is 14.6. The Morgan fingerprint density at radius 3 is 2.70 bits per heavy atom. The zero-order chi connectivity index (χ0) is 20.9. The normalized spacial score (nSPS) is 11.1. The molecule has 4 nitrogen and oxygen atoms in total. The largest absolute Gasteiger partial charge is 0.326 e. The number of hydrogen-bond acceptors (Lipinski definition) is 3. The SMILES string of the molecule is CCCCc1ccc(NC(=O)CCc2csc3nc(-c4ccccc4F)cn23)cc1. The van der Waals surface area contributed by atoms with Crippen molar-refractivity contribution in [2.75, 3.05) is 5.32 Å². The summed E-state index contributed by atoms with van der Waals surface area (Å²) in [6.45, 7) is 2.18. The number of unbranched alkanes of at least 4 members (excludes halogenated alkanes) is 1. The first-order valence-corrected chi connectivity index (χ1v) is 11.1. The highest BCUT2D eigenvalue weighted by Crippen LogP contribution is 2.26. The fraction of sp³-hybridized carbons (Fsp3) is 0.250. The standard InChI is InChI=1S/C24H24FN3OS/c1-2-3-6-17-9-11-18(12-10-17)26-23(29)14-13-19-16-30-24-27-22(15-28(19)24)20-7-4-5-8-21(20)25/h4-5,7-12,15-16H,2-3,6,13-14H2,1H3,(H,26,29). The Labute approximate surface area is 179 Å². The van der Waals surface area contributed by atoms with Crippen molar-refractivity contribution in [3.05, 3.63) is 77.2 Å². The molecular weight excluding hydrogens is 397 g/mol. The summed E-state index contributed by atoms with van der Waals surface area (Å²) in [6, 6.07) is 14.7. The van der Waals surface area contributed by atoms with Gasteiger partial charge in [0.1, 0.15) is 5.82 Å². The van der Waals surface area contributed by atoms with Gasteiger partial charge in [-0.2, -0.15) is 0 Å². The van der Waals surface area contributed by atoms with E-state index in [1.807, 2.05) is 28.1 Å². The van der Waals surface area contributed by atoms with E-state index < -0.39 is 0 Å². The van der Waals surface area contributed by atoms with E-state index >= 15 is 0 Å². The van der Waals surface area contributed by atoms with Gasteiger partial charge in [0.25, 0.3) is 0 Å².